The van der Waals surface area contributed by atoms with E-state index in [0.717, 1.165) is 13.0 Å². The first-order chi connectivity index (χ1) is 9.25. The van der Waals surface area contributed by atoms with Gasteiger partial charge in [-0.2, -0.15) is 0 Å². The SMILES string of the molecule is C=C(/C=C\CC(C)=O)C1(O)CC(O)CCC1CN(C)C. The molecule has 0 aliphatic heterocycles. The molecule has 1 saturated carbocycles. The van der Waals surface area contributed by atoms with Crippen LogP contribution in [0.25, 0.3) is 0 Å². The minimum atomic E-state index is -1.09. The fraction of sp³-hybridized carbons (Fsp3) is 0.688. The molecule has 0 heterocycles. The number of aliphatic hydroxyl groups is 2. The third-order valence-electron chi connectivity index (χ3n) is 3.94. The van der Waals surface area contributed by atoms with E-state index in [9.17, 15) is 15.0 Å². The molecule has 20 heavy (non-hydrogen) atoms. The van der Waals surface area contributed by atoms with Crippen molar-refractivity contribution >= 4 is 5.78 Å². The van der Waals surface area contributed by atoms with Gasteiger partial charge in [0.1, 0.15) is 5.78 Å². The van der Waals surface area contributed by atoms with Crippen molar-refractivity contribution in [3.63, 3.8) is 0 Å². The average Bonchev–Trinajstić information content (AvgIpc) is 2.31. The summed E-state index contributed by atoms with van der Waals surface area (Å²) in [6.45, 7) is 6.24. The van der Waals surface area contributed by atoms with Crippen molar-refractivity contribution < 1.29 is 15.0 Å². The first-order valence-electron chi connectivity index (χ1n) is 7.16. The van der Waals surface area contributed by atoms with E-state index < -0.39 is 11.7 Å². The summed E-state index contributed by atoms with van der Waals surface area (Å²) >= 11 is 0. The highest BCUT2D eigenvalue weighted by Gasteiger charge is 2.43. The number of ketones is 1. The first-order valence-corrected chi connectivity index (χ1v) is 7.16. The van der Waals surface area contributed by atoms with Gasteiger partial charge in [-0.15, -0.1) is 0 Å². The van der Waals surface area contributed by atoms with Crippen molar-refractivity contribution in [1.29, 1.82) is 0 Å². The Bertz CT molecular complexity index is 389. The molecular weight excluding hydrogens is 254 g/mol. The second kappa shape index (κ2) is 7.16. The zero-order valence-corrected chi connectivity index (χ0v) is 12.8. The van der Waals surface area contributed by atoms with Crippen LogP contribution in [0.2, 0.25) is 0 Å². The van der Waals surface area contributed by atoms with Gasteiger partial charge in [-0.1, -0.05) is 18.7 Å². The van der Waals surface area contributed by atoms with E-state index in [0.29, 0.717) is 24.8 Å². The summed E-state index contributed by atoms with van der Waals surface area (Å²) < 4.78 is 0. The number of Topliss-reactive ketones (excluding diaryl/α,β-unsaturated/α-hetero) is 1. The fourth-order valence-corrected chi connectivity index (χ4v) is 2.85. The largest absolute Gasteiger partial charge is 0.393 e. The Morgan fingerprint density at radius 2 is 2.10 bits per heavy atom. The lowest BCUT2D eigenvalue weighted by atomic mass is 9.70. The molecule has 0 aromatic carbocycles. The molecule has 0 spiro atoms. The van der Waals surface area contributed by atoms with Crippen molar-refractivity contribution in [3.8, 4) is 0 Å². The zero-order valence-electron chi connectivity index (χ0n) is 12.8. The van der Waals surface area contributed by atoms with Crippen LogP contribution < -0.4 is 0 Å². The molecule has 4 nitrogen and oxygen atoms in total. The number of carbonyl (C=O) groups excluding carboxylic acids is 1. The van der Waals surface area contributed by atoms with Crippen molar-refractivity contribution in [1.82, 2.24) is 4.90 Å². The highest BCUT2D eigenvalue weighted by atomic mass is 16.3. The molecule has 0 amide bonds. The van der Waals surface area contributed by atoms with Crippen LogP contribution >= 0.6 is 0 Å². The van der Waals surface area contributed by atoms with Crippen LogP contribution in [0, 0.1) is 5.92 Å². The molecule has 114 valence electrons. The molecule has 4 heteroatoms. The third-order valence-corrected chi connectivity index (χ3v) is 3.94. The number of aliphatic hydroxyl groups excluding tert-OH is 1. The highest BCUT2D eigenvalue weighted by molar-refractivity contribution is 5.77. The molecule has 1 rings (SSSR count). The number of rotatable bonds is 6. The Labute approximate surface area is 121 Å². The van der Waals surface area contributed by atoms with E-state index in [1.54, 1.807) is 12.2 Å². The topological polar surface area (TPSA) is 60.8 Å². The minimum absolute atomic E-state index is 0.0513. The number of hydrogen-bond donors (Lipinski definition) is 2. The Morgan fingerprint density at radius 1 is 1.45 bits per heavy atom. The van der Waals surface area contributed by atoms with Gasteiger partial charge in [0, 0.05) is 25.3 Å². The van der Waals surface area contributed by atoms with E-state index in [-0.39, 0.29) is 11.7 Å². The lowest BCUT2D eigenvalue weighted by molar-refractivity contribution is -0.116. The van der Waals surface area contributed by atoms with Gasteiger partial charge in [0.25, 0.3) is 0 Å². The molecule has 0 bridgehead atoms. The summed E-state index contributed by atoms with van der Waals surface area (Å²) in [7, 11) is 3.94. The Kier molecular flexibility index (Phi) is 6.11. The second-order valence-electron chi connectivity index (χ2n) is 6.15. The van der Waals surface area contributed by atoms with E-state index >= 15 is 0 Å². The molecule has 0 aromatic rings. The van der Waals surface area contributed by atoms with Crippen LogP contribution in [0.1, 0.15) is 32.6 Å². The number of allylic oxidation sites excluding steroid dienone is 1. The Morgan fingerprint density at radius 3 is 2.65 bits per heavy atom. The van der Waals surface area contributed by atoms with Crippen molar-refractivity contribution in [2.45, 2.75) is 44.3 Å². The summed E-state index contributed by atoms with van der Waals surface area (Å²) in [6.07, 6.45) is 5.11. The number of hydrogen-bond acceptors (Lipinski definition) is 4. The van der Waals surface area contributed by atoms with Gasteiger partial charge in [0.2, 0.25) is 0 Å². The zero-order chi connectivity index (χ0) is 15.3. The molecule has 1 fully saturated rings. The Balaban J connectivity index is 2.84. The van der Waals surface area contributed by atoms with Gasteiger partial charge < -0.3 is 15.1 Å². The van der Waals surface area contributed by atoms with Crippen LogP contribution in [0.15, 0.2) is 24.3 Å². The second-order valence-corrected chi connectivity index (χ2v) is 6.15. The molecule has 3 unspecified atom stereocenters. The summed E-state index contributed by atoms with van der Waals surface area (Å²) in [5.41, 5.74) is -0.501. The predicted molar refractivity (Wildman–Crippen MR) is 80.4 cm³/mol. The van der Waals surface area contributed by atoms with Gasteiger partial charge in [-0.25, -0.2) is 0 Å². The molecule has 0 aromatic heterocycles. The van der Waals surface area contributed by atoms with Gasteiger partial charge in [0.15, 0.2) is 0 Å². The molecule has 0 radical (unpaired) electrons. The maximum atomic E-state index is 11.0. The highest BCUT2D eigenvalue weighted by Crippen LogP contribution is 2.39. The number of carbonyl (C=O) groups is 1. The van der Waals surface area contributed by atoms with Crippen LogP contribution in [-0.2, 0) is 4.79 Å². The lowest BCUT2D eigenvalue weighted by Gasteiger charge is -2.43. The van der Waals surface area contributed by atoms with Crippen LogP contribution in [0.5, 0.6) is 0 Å². The summed E-state index contributed by atoms with van der Waals surface area (Å²) in [5.74, 6) is 0.130. The summed E-state index contributed by atoms with van der Waals surface area (Å²) in [6, 6.07) is 0. The molecular formula is C16H27NO3. The number of nitrogens with zero attached hydrogens (tertiary/aromatic N) is 1. The van der Waals surface area contributed by atoms with Crippen LogP contribution in [0.3, 0.4) is 0 Å². The maximum absolute atomic E-state index is 11.0. The Hall–Kier alpha value is -0.970. The first kappa shape index (κ1) is 17.1. The standard InChI is InChI=1S/C16H27NO3/c1-12(6-5-7-13(2)18)16(20)10-15(19)9-8-14(16)11-17(3)4/h5-6,14-15,19-20H,1,7-11H2,2-4H3/b6-5-. The van der Waals surface area contributed by atoms with Gasteiger partial charge >= 0.3 is 0 Å². The van der Waals surface area contributed by atoms with E-state index in [2.05, 4.69) is 6.58 Å². The van der Waals surface area contributed by atoms with Gasteiger partial charge in [0.05, 0.1) is 11.7 Å². The summed E-state index contributed by atoms with van der Waals surface area (Å²) in [4.78, 5) is 13.0. The maximum Gasteiger partial charge on any atom is 0.133 e. The van der Waals surface area contributed by atoms with Crippen molar-refractivity contribution in [2.24, 2.45) is 5.92 Å². The van der Waals surface area contributed by atoms with Crippen LogP contribution in [-0.4, -0.2) is 53.2 Å². The minimum Gasteiger partial charge on any atom is -0.393 e. The van der Waals surface area contributed by atoms with E-state index in [1.165, 1.54) is 6.92 Å². The molecule has 0 saturated heterocycles. The van der Waals surface area contributed by atoms with Gasteiger partial charge in [-0.3, -0.25) is 4.79 Å². The quantitative estimate of drug-likeness (QED) is 0.725. The molecule has 1 aliphatic carbocycles. The average molecular weight is 281 g/mol. The lowest BCUT2D eigenvalue weighted by Crippen LogP contribution is -2.49. The molecule has 3 atom stereocenters. The monoisotopic (exact) mass is 281 g/mol. The molecule has 2 N–H and O–H groups in total. The smallest absolute Gasteiger partial charge is 0.133 e. The van der Waals surface area contributed by atoms with Crippen molar-refractivity contribution in [3.05, 3.63) is 24.3 Å². The van der Waals surface area contributed by atoms with Crippen molar-refractivity contribution in [2.75, 3.05) is 20.6 Å². The summed E-state index contributed by atoms with van der Waals surface area (Å²) in [5, 5.41) is 20.8. The van der Waals surface area contributed by atoms with E-state index in [4.69, 9.17) is 0 Å². The normalized spacial score (nSPS) is 30.9. The van der Waals surface area contributed by atoms with E-state index in [1.807, 2.05) is 19.0 Å². The van der Waals surface area contributed by atoms with Crippen LogP contribution in [0.4, 0.5) is 0 Å². The fourth-order valence-electron chi connectivity index (χ4n) is 2.85. The predicted octanol–water partition coefficient (Wildman–Crippen LogP) is 1.53. The molecule has 1 aliphatic rings. The van der Waals surface area contributed by atoms with Gasteiger partial charge in [-0.05, 0) is 39.4 Å². The third kappa shape index (κ3) is 4.54.